The fraction of sp³-hybridized carbons (Fsp3) is 0.286. The highest BCUT2D eigenvalue weighted by atomic mass is 35.5. The van der Waals surface area contributed by atoms with Crippen molar-refractivity contribution in [1.29, 1.82) is 0 Å². The highest BCUT2D eigenvalue weighted by molar-refractivity contribution is 7.92. The summed E-state index contributed by atoms with van der Waals surface area (Å²) >= 11 is 5.84. The molecule has 0 spiro atoms. The number of aliphatic hydroxyl groups is 1. The van der Waals surface area contributed by atoms with E-state index in [4.69, 9.17) is 16.0 Å². The Hall–Kier alpha value is -2.75. The van der Waals surface area contributed by atoms with Crippen LogP contribution in [0, 0.1) is 0 Å². The first-order valence-corrected chi connectivity index (χ1v) is 11.8. The van der Waals surface area contributed by atoms with Gasteiger partial charge >= 0.3 is 0 Å². The Morgan fingerprint density at radius 3 is 2.42 bits per heavy atom. The van der Waals surface area contributed by atoms with E-state index in [2.05, 4.69) is 14.9 Å². The van der Waals surface area contributed by atoms with E-state index in [0.29, 0.717) is 41.1 Å². The standard InChI is InChI=1S/C21H22ClN3O5S/c1-31(28,29)25-18-11-7-15(8-12-18)20-23-24-21(30-20)16(13-26)3-2-4-19(27)14-5-9-17(22)10-6-14/h5-12,16,25-26H,2-4,13H2,1H3/t16-/m1/s1. The van der Waals surface area contributed by atoms with Crippen LogP contribution in [0.25, 0.3) is 11.5 Å². The first-order chi connectivity index (χ1) is 14.7. The number of Topliss-reactive ketones (excluding diaryl/α,β-unsaturated/α-hetero) is 1. The van der Waals surface area contributed by atoms with E-state index in [1.54, 1.807) is 48.5 Å². The SMILES string of the molecule is CS(=O)(=O)Nc1ccc(-c2nnc([C@@H](CO)CCCC(=O)c3ccc(Cl)cc3)o2)cc1. The van der Waals surface area contributed by atoms with Gasteiger partial charge in [-0.1, -0.05) is 11.6 Å². The van der Waals surface area contributed by atoms with Crippen LogP contribution in [-0.4, -0.2) is 42.4 Å². The van der Waals surface area contributed by atoms with Gasteiger partial charge in [-0.15, -0.1) is 10.2 Å². The molecule has 0 aliphatic heterocycles. The maximum atomic E-state index is 12.3. The Labute approximate surface area is 185 Å². The number of carbonyl (C=O) groups excluding carboxylic acids is 1. The smallest absolute Gasteiger partial charge is 0.247 e. The summed E-state index contributed by atoms with van der Waals surface area (Å²) in [5, 5.41) is 18.3. The van der Waals surface area contributed by atoms with Gasteiger partial charge in [0.25, 0.3) is 0 Å². The first kappa shape index (κ1) is 22.9. The Bertz CT molecular complexity index is 1130. The van der Waals surface area contributed by atoms with Crippen LogP contribution >= 0.6 is 11.6 Å². The summed E-state index contributed by atoms with van der Waals surface area (Å²) in [6, 6.07) is 13.2. The summed E-state index contributed by atoms with van der Waals surface area (Å²) in [4.78, 5) is 12.3. The highest BCUT2D eigenvalue weighted by Crippen LogP contribution is 2.26. The van der Waals surface area contributed by atoms with Gasteiger partial charge in [-0.25, -0.2) is 8.42 Å². The van der Waals surface area contributed by atoms with Crippen LogP contribution in [0.2, 0.25) is 5.02 Å². The molecule has 3 rings (SSSR count). The molecule has 0 aliphatic carbocycles. The lowest BCUT2D eigenvalue weighted by molar-refractivity contribution is 0.0976. The van der Waals surface area contributed by atoms with Gasteiger partial charge in [-0.3, -0.25) is 9.52 Å². The van der Waals surface area contributed by atoms with Gasteiger partial charge in [0.2, 0.25) is 21.8 Å². The van der Waals surface area contributed by atoms with Crippen molar-refractivity contribution in [2.45, 2.75) is 25.2 Å². The largest absolute Gasteiger partial charge is 0.420 e. The third kappa shape index (κ3) is 6.61. The molecular weight excluding hydrogens is 442 g/mol. The molecule has 3 aromatic rings. The summed E-state index contributed by atoms with van der Waals surface area (Å²) < 4.78 is 30.7. The summed E-state index contributed by atoms with van der Waals surface area (Å²) in [6.07, 6.45) is 2.46. The van der Waals surface area contributed by atoms with Gasteiger partial charge in [0.05, 0.1) is 18.8 Å². The average Bonchev–Trinajstić information content (AvgIpc) is 3.21. The number of nitrogens with one attached hydrogen (secondary N) is 1. The lowest BCUT2D eigenvalue weighted by Gasteiger charge is -2.09. The molecule has 1 aromatic heterocycles. The summed E-state index contributed by atoms with van der Waals surface area (Å²) in [5.74, 6) is 0.166. The molecule has 0 aliphatic rings. The minimum absolute atomic E-state index is 0.00219. The van der Waals surface area contributed by atoms with Crippen molar-refractivity contribution in [2.24, 2.45) is 0 Å². The molecule has 0 fully saturated rings. The van der Waals surface area contributed by atoms with Crippen LogP contribution < -0.4 is 4.72 Å². The zero-order chi connectivity index (χ0) is 22.4. The first-order valence-electron chi connectivity index (χ1n) is 9.56. The van der Waals surface area contributed by atoms with Crippen LogP contribution in [0.5, 0.6) is 0 Å². The number of halogens is 1. The monoisotopic (exact) mass is 463 g/mol. The third-order valence-corrected chi connectivity index (χ3v) is 5.43. The quantitative estimate of drug-likeness (QED) is 0.437. The molecule has 0 unspecified atom stereocenters. The van der Waals surface area contributed by atoms with E-state index in [1.165, 1.54) is 0 Å². The van der Waals surface area contributed by atoms with Crippen molar-refractivity contribution in [2.75, 3.05) is 17.6 Å². The molecule has 10 heteroatoms. The molecule has 0 radical (unpaired) electrons. The number of carbonyl (C=O) groups is 1. The number of hydrogen-bond acceptors (Lipinski definition) is 7. The molecule has 2 aromatic carbocycles. The summed E-state index contributed by atoms with van der Waals surface area (Å²) in [5.41, 5.74) is 1.64. The lowest BCUT2D eigenvalue weighted by atomic mass is 9.99. The molecule has 0 saturated carbocycles. The van der Waals surface area contributed by atoms with Crippen molar-refractivity contribution >= 4 is 33.1 Å². The number of benzene rings is 2. The molecule has 1 atom stereocenters. The summed E-state index contributed by atoms with van der Waals surface area (Å²) in [7, 11) is -3.36. The number of nitrogens with zero attached hydrogens (tertiary/aromatic N) is 2. The van der Waals surface area contributed by atoms with Crippen molar-refractivity contribution in [3.63, 3.8) is 0 Å². The highest BCUT2D eigenvalue weighted by Gasteiger charge is 2.19. The Balaban J connectivity index is 1.59. The number of aromatic nitrogens is 2. The molecule has 1 heterocycles. The van der Waals surface area contributed by atoms with Crippen LogP contribution in [0.15, 0.2) is 52.9 Å². The number of hydrogen-bond donors (Lipinski definition) is 2. The maximum Gasteiger partial charge on any atom is 0.247 e. The van der Waals surface area contributed by atoms with Crippen LogP contribution in [-0.2, 0) is 10.0 Å². The number of anilines is 1. The fourth-order valence-corrected chi connectivity index (χ4v) is 3.68. The topological polar surface area (TPSA) is 122 Å². The number of aliphatic hydroxyl groups excluding tert-OH is 1. The van der Waals surface area contributed by atoms with Gasteiger partial charge in [-0.05, 0) is 61.4 Å². The second-order valence-corrected chi connectivity index (χ2v) is 9.28. The minimum Gasteiger partial charge on any atom is -0.420 e. The van der Waals surface area contributed by atoms with E-state index >= 15 is 0 Å². The molecule has 0 amide bonds. The predicted octanol–water partition coefficient (Wildman–Crippen LogP) is 3.89. The van der Waals surface area contributed by atoms with Gasteiger partial charge in [0, 0.05) is 28.3 Å². The van der Waals surface area contributed by atoms with Crippen molar-refractivity contribution in [3.05, 3.63) is 65.0 Å². The fourth-order valence-electron chi connectivity index (χ4n) is 2.99. The van der Waals surface area contributed by atoms with E-state index in [9.17, 15) is 18.3 Å². The van der Waals surface area contributed by atoms with Gasteiger partial charge in [0.15, 0.2) is 5.78 Å². The van der Waals surface area contributed by atoms with Gasteiger partial charge in [-0.2, -0.15) is 0 Å². The van der Waals surface area contributed by atoms with Crippen molar-refractivity contribution < 1.29 is 22.7 Å². The molecule has 164 valence electrons. The number of rotatable bonds is 10. The zero-order valence-electron chi connectivity index (χ0n) is 16.8. The van der Waals surface area contributed by atoms with Gasteiger partial charge in [0.1, 0.15) is 0 Å². The number of sulfonamides is 1. The molecule has 8 nitrogen and oxygen atoms in total. The van der Waals surface area contributed by atoms with Crippen LogP contribution in [0.4, 0.5) is 5.69 Å². The number of ketones is 1. The van der Waals surface area contributed by atoms with Crippen molar-refractivity contribution in [1.82, 2.24) is 10.2 Å². The Kier molecular flexibility index (Phi) is 7.42. The van der Waals surface area contributed by atoms with E-state index in [0.717, 1.165) is 6.26 Å². The second kappa shape index (κ2) is 10.0. The Morgan fingerprint density at radius 1 is 1.13 bits per heavy atom. The maximum absolute atomic E-state index is 12.3. The zero-order valence-corrected chi connectivity index (χ0v) is 18.4. The minimum atomic E-state index is -3.36. The van der Waals surface area contributed by atoms with E-state index in [-0.39, 0.29) is 30.1 Å². The molecule has 0 saturated heterocycles. The molecule has 2 N–H and O–H groups in total. The van der Waals surface area contributed by atoms with Crippen LogP contribution in [0.1, 0.15) is 41.4 Å². The van der Waals surface area contributed by atoms with E-state index < -0.39 is 10.0 Å². The lowest BCUT2D eigenvalue weighted by Crippen LogP contribution is -2.09. The third-order valence-electron chi connectivity index (χ3n) is 4.57. The molecule has 31 heavy (non-hydrogen) atoms. The molecule has 0 bridgehead atoms. The summed E-state index contributed by atoms with van der Waals surface area (Å²) in [6.45, 7) is -0.187. The Morgan fingerprint density at radius 2 is 1.81 bits per heavy atom. The molecular formula is C21H22ClN3O5S. The average molecular weight is 464 g/mol. The van der Waals surface area contributed by atoms with E-state index in [1.807, 2.05) is 0 Å². The second-order valence-electron chi connectivity index (χ2n) is 7.10. The predicted molar refractivity (Wildman–Crippen MR) is 118 cm³/mol. The normalized spacial score (nSPS) is 12.5. The van der Waals surface area contributed by atoms with Crippen LogP contribution in [0.3, 0.4) is 0 Å². The van der Waals surface area contributed by atoms with Gasteiger partial charge < -0.3 is 9.52 Å². The van der Waals surface area contributed by atoms with Crippen molar-refractivity contribution in [3.8, 4) is 11.5 Å².